The largest absolute Gasteiger partial charge is 0.457 e. The van der Waals surface area contributed by atoms with E-state index in [0.29, 0.717) is 22.6 Å². The van der Waals surface area contributed by atoms with Gasteiger partial charge in [0.25, 0.3) is 0 Å². The highest BCUT2D eigenvalue weighted by atomic mass is 16.5. The van der Waals surface area contributed by atoms with Crippen LogP contribution in [0.1, 0.15) is 56.6 Å². The van der Waals surface area contributed by atoms with E-state index in [1.54, 1.807) is 13.8 Å². The highest BCUT2D eigenvalue weighted by Gasteiger charge is 2.34. The molecule has 0 unspecified atom stereocenters. The number of esters is 2. The molecule has 0 N–H and O–H groups in total. The van der Waals surface area contributed by atoms with Gasteiger partial charge in [-0.1, -0.05) is 73.4 Å². The Morgan fingerprint density at radius 1 is 0.696 bits per heavy atom. The van der Waals surface area contributed by atoms with Crippen molar-refractivity contribution in [1.29, 1.82) is 0 Å². The molecule has 0 saturated heterocycles. The summed E-state index contributed by atoms with van der Waals surface area (Å²) >= 11 is 0. The van der Waals surface area contributed by atoms with Gasteiger partial charge in [0.2, 0.25) is 0 Å². The topological polar surface area (TPSA) is 61.8 Å². The monoisotopic (exact) mass is 606 g/mol. The van der Waals surface area contributed by atoms with E-state index in [1.165, 1.54) is 16.7 Å². The first-order chi connectivity index (χ1) is 22.3. The zero-order valence-corrected chi connectivity index (χ0v) is 26.0. The number of rotatable bonds is 6. The van der Waals surface area contributed by atoms with E-state index >= 15 is 0 Å². The number of hydrogen-bond donors (Lipinski definition) is 0. The van der Waals surface area contributed by atoms with Crippen LogP contribution in [0.3, 0.4) is 0 Å². The van der Waals surface area contributed by atoms with Crippen LogP contribution in [0.15, 0.2) is 132 Å². The van der Waals surface area contributed by atoms with E-state index < -0.39 is 11.9 Å². The van der Waals surface area contributed by atoms with Crippen molar-refractivity contribution >= 4 is 33.5 Å². The van der Waals surface area contributed by atoms with E-state index in [2.05, 4.69) is 43.5 Å². The van der Waals surface area contributed by atoms with Gasteiger partial charge in [0.05, 0.1) is 0 Å². The van der Waals surface area contributed by atoms with Crippen LogP contribution in [0.25, 0.3) is 21.5 Å². The highest BCUT2D eigenvalue weighted by molar-refractivity contribution is 5.97. The molecule has 46 heavy (non-hydrogen) atoms. The second kappa shape index (κ2) is 11.8. The molecule has 2 aliphatic carbocycles. The summed E-state index contributed by atoms with van der Waals surface area (Å²) in [6, 6.07) is 19.5. The standard InChI is InChI=1S/C41H34O5/c1-24(2)40(42)44-31-16-18-33-29(22-31)14-20-35-38(33)37(28-12-10-27(11-13-28)26-8-6-5-7-9-26)39-34-19-17-32(45-41(43)25(3)4)23-30(34)15-21-36(39)46-35/h5-6,8,10,12,14-23,37H,1,3,7,9,11,13H2,2,4H3. The molecule has 0 amide bonds. The number of benzene rings is 4. The number of allylic oxidation sites excluding steroid dienone is 8. The van der Waals surface area contributed by atoms with Gasteiger partial charge in [0, 0.05) is 28.2 Å². The molecule has 7 rings (SSSR count). The fourth-order valence-corrected chi connectivity index (χ4v) is 6.58. The summed E-state index contributed by atoms with van der Waals surface area (Å²) in [6.07, 6.45) is 15.2. The van der Waals surface area contributed by atoms with Crippen LogP contribution < -0.4 is 14.2 Å². The van der Waals surface area contributed by atoms with Gasteiger partial charge < -0.3 is 14.2 Å². The third kappa shape index (κ3) is 5.39. The molecular weight excluding hydrogens is 572 g/mol. The summed E-state index contributed by atoms with van der Waals surface area (Å²) in [6.45, 7) is 10.7. The Kier molecular flexibility index (Phi) is 7.53. The summed E-state index contributed by atoms with van der Waals surface area (Å²) in [5.74, 6) is 1.55. The molecule has 0 fully saturated rings. The molecular formula is C41H34O5. The zero-order chi connectivity index (χ0) is 31.9. The fraction of sp³-hybridized carbons (Fsp3) is 0.171. The van der Waals surface area contributed by atoms with Gasteiger partial charge >= 0.3 is 11.9 Å². The quantitative estimate of drug-likeness (QED) is 0.124. The van der Waals surface area contributed by atoms with Crippen LogP contribution >= 0.6 is 0 Å². The van der Waals surface area contributed by atoms with Crippen molar-refractivity contribution < 1.29 is 23.8 Å². The summed E-state index contributed by atoms with van der Waals surface area (Å²) < 4.78 is 17.8. The van der Waals surface area contributed by atoms with Crippen LogP contribution in [0.5, 0.6) is 23.0 Å². The van der Waals surface area contributed by atoms with Crippen LogP contribution in [-0.2, 0) is 9.59 Å². The van der Waals surface area contributed by atoms with Crippen molar-refractivity contribution in [2.75, 3.05) is 0 Å². The number of carbonyl (C=O) groups excluding carboxylic acids is 2. The third-order valence-corrected chi connectivity index (χ3v) is 8.88. The minimum absolute atomic E-state index is 0.0863. The molecule has 228 valence electrons. The van der Waals surface area contributed by atoms with Crippen LogP contribution in [0.4, 0.5) is 0 Å². The number of ether oxygens (including phenoxy) is 3. The van der Waals surface area contributed by atoms with Crippen molar-refractivity contribution in [3.63, 3.8) is 0 Å². The highest BCUT2D eigenvalue weighted by Crippen LogP contribution is 2.54. The van der Waals surface area contributed by atoms with E-state index in [0.717, 1.165) is 69.9 Å². The molecule has 0 radical (unpaired) electrons. The Balaban J connectivity index is 1.39. The first-order valence-corrected chi connectivity index (χ1v) is 15.6. The first-order valence-electron chi connectivity index (χ1n) is 15.6. The second-order valence-corrected chi connectivity index (χ2v) is 12.2. The van der Waals surface area contributed by atoms with Crippen molar-refractivity contribution in [2.45, 2.75) is 45.4 Å². The Bertz CT molecular complexity index is 2000. The molecule has 0 spiro atoms. The molecule has 4 aromatic rings. The van der Waals surface area contributed by atoms with Gasteiger partial charge in [-0.05, 0) is 109 Å². The van der Waals surface area contributed by atoms with E-state index in [9.17, 15) is 9.59 Å². The maximum Gasteiger partial charge on any atom is 0.338 e. The lowest BCUT2D eigenvalue weighted by molar-refractivity contribution is -0.130. The summed E-state index contributed by atoms with van der Waals surface area (Å²) in [5, 5.41) is 3.96. The molecule has 5 heteroatoms. The Labute approximate surface area is 268 Å². The van der Waals surface area contributed by atoms with Gasteiger partial charge in [-0.2, -0.15) is 0 Å². The smallest absolute Gasteiger partial charge is 0.338 e. The van der Waals surface area contributed by atoms with Crippen molar-refractivity contribution in [2.24, 2.45) is 0 Å². The molecule has 3 aliphatic rings. The molecule has 0 saturated carbocycles. The summed E-state index contributed by atoms with van der Waals surface area (Å²) in [5.41, 5.74) is 6.96. The average molecular weight is 607 g/mol. The van der Waals surface area contributed by atoms with Gasteiger partial charge in [-0.3, -0.25) is 0 Å². The Morgan fingerprint density at radius 3 is 1.74 bits per heavy atom. The summed E-state index contributed by atoms with van der Waals surface area (Å²) in [7, 11) is 0. The van der Waals surface area contributed by atoms with Crippen molar-refractivity contribution in [1.82, 2.24) is 0 Å². The zero-order valence-electron chi connectivity index (χ0n) is 26.0. The molecule has 1 aliphatic heterocycles. The number of fused-ring (bicyclic) bond motifs is 6. The van der Waals surface area contributed by atoms with E-state index in [1.807, 2.05) is 60.7 Å². The van der Waals surface area contributed by atoms with Gasteiger partial charge in [-0.25, -0.2) is 9.59 Å². The maximum atomic E-state index is 12.3. The fourth-order valence-electron chi connectivity index (χ4n) is 6.58. The average Bonchev–Trinajstić information content (AvgIpc) is 3.07. The predicted molar refractivity (Wildman–Crippen MR) is 183 cm³/mol. The molecule has 0 atom stereocenters. The van der Waals surface area contributed by atoms with Gasteiger partial charge in [-0.15, -0.1) is 0 Å². The maximum absolute atomic E-state index is 12.3. The van der Waals surface area contributed by atoms with E-state index in [-0.39, 0.29) is 5.92 Å². The van der Waals surface area contributed by atoms with Gasteiger partial charge in [0.15, 0.2) is 0 Å². The lowest BCUT2D eigenvalue weighted by Gasteiger charge is -2.33. The predicted octanol–water partition coefficient (Wildman–Crippen LogP) is 10.1. The molecule has 5 nitrogen and oxygen atoms in total. The third-order valence-electron chi connectivity index (χ3n) is 8.88. The first kappa shape index (κ1) is 29.3. The Morgan fingerprint density at radius 2 is 1.26 bits per heavy atom. The minimum atomic E-state index is -0.453. The SMILES string of the molecule is C=C(C)C(=O)Oc1ccc2c3c(ccc2c1)Oc1ccc2cc(OC(=O)C(=C)C)ccc2c1C3C1=CC=C(C2=CC=CCC2)CC1. The molecule has 0 aromatic heterocycles. The second-order valence-electron chi connectivity index (χ2n) is 12.2. The van der Waals surface area contributed by atoms with Crippen LogP contribution in [0, 0.1) is 0 Å². The number of carbonyl (C=O) groups is 2. The van der Waals surface area contributed by atoms with Crippen LogP contribution in [0.2, 0.25) is 0 Å². The number of hydrogen-bond acceptors (Lipinski definition) is 5. The van der Waals surface area contributed by atoms with Gasteiger partial charge in [0.1, 0.15) is 23.0 Å². The van der Waals surface area contributed by atoms with Crippen LogP contribution in [-0.4, -0.2) is 11.9 Å². The van der Waals surface area contributed by atoms with E-state index in [4.69, 9.17) is 14.2 Å². The minimum Gasteiger partial charge on any atom is -0.457 e. The van der Waals surface area contributed by atoms with Crippen molar-refractivity contribution in [3.05, 3.63) is 143 Å². The van der Waals surface area contributed by atoms with Crippen molar-refractivity contribution in [3.8, 4) is 23.0 Å². The molecule has 0 bridgehead atoms. The normalized spacial score (nSPS) is 15.6. The summed E-state index contributed by atoms with van der Waals surface area (Å²) in [4.78, 5) is 24.5. The molecule has 1 heterocycles. The lowest BCUT2D eigenvalue weighted by atomic mass is 9.75. The Hall–Kier alpha value is -5.42. The lowest BCUT2D eigenvalue weighted by Crippen LogP contribution is -2.15. The molecule has 4 aromatic carbocycles.